The van der Waals surface area contributed by atoms with Crippen LogP contribution in [-0.4, -0.2) is 24.0 Å². The lowest BCUT2D eigenvalue weighted by Crippen LogP contribution is -2.23. The Bertz CT molecular complexity index is 401. The molecular formula is C10H15BrF3N5. The fourth-order valence-corrected chi connectivity index (χ4v) is 1.17. The zero-order chi connectivity index (χ0) is 13.6. The Morgan fingerprint density at radius 3 is 2.47 bits per heavy atom. The van der Waals surface area contributed by atoms with Crippen LogP contribution in [0.3, 0.4) is 0 Å². The molecule has 0 saturated carbocycles. The largest absolute Gasteiger partial charge is 0.417 e. The first-order chi connectivity index (χ1) is 8.39. The van der Waals surface area contributed by atoms with Crippen molar-refractivity contribution in [3.63, 3.8) is 0 Å². The van der Waals surface area contributed by atoms with Crippen LogP contribution in [0.5, 0.6) is 0 Å². The number of aromatic nitrogens is 1. The Kier molecular flexibility index (Phi) is 7.20. The van der Waals surface area contributed by atoms with E-state index in [1.165, 1.54) is 6.07 Å². The SMILES string of the molecule is Br.NC(N)=NCCCNc1ccc(C(F)(F)F)cn1. The number of nitrogens with two attached hydrogens (primary N) is 2. The zero-order valence-electron chi connectivity index (χ0n) is 9.94. The third-order valence-corrected chi connectivity index (χ3v) is 2.03. The number of halogens is 4. The number of hydrogen-bond donors (Lipinski definition) is 3. The van der Waals surface area contributed by atoms with E-state index in [2.05, 4.69) is 15.3 Å². The zero-order valence-corrected chi connectivity index (χ0v) is 11.7. The summed E-state index contributed by atoms with van der Waals surface area (Å²) in [5, 5.41) is 2.87. The van der Waals surface area contributed by atoms with Crippen molar-refractivity contribution < 1.29 is 13.2 Å². The minimum atomic E-state index is -4.36. The van der Waals surface area contributed by atoms with Crippen molar-refractivity contribution in [1.29, 1.82) is 0 Å². The van der Waals surface area contributed by atoms with Gasteiger partial charge in [0.15, 0.2) is 5.96 Å². The fourth-order valence-electron chi connectivity index (χ4n) is 1.17. The predicted octanol–water partition coefficient (Wildman–Crippen LogP) is 1.75. The number of nitrogens with one attached hydrogen (secondary N) is 1. The van der Waals surface area contributed by atoms with E-state index in [0.29, 0.717) is 25.3 Å². The van der Waals surface area contributed by atoms with Crippen molar-refractivity contribution in [1.82, 2.24) is 4.98 Å². The smallest absolute Gasteiger partial charge is 0.370 e. The molecule has 1 rings (SSSR count). The minimum absolute atomic E-state index is 0. The van der Waals surface area contributed by atoms with Crippen LogP contribution in [0, 0.1) is 0 Å². The van der Waals surface area contributed by atoms with Crippen LogP contribution in [0.2, 0.25) is 0 Å². The van der Waals surface area contributed by atoms with Gasteiger partial charge in [0, 0.05) is 19.3 Å². The van der Waals surface area contributed by atoms with E-state index >= 15 is 0 Å². The van der Waals surface area contributed by atoms with Gasteiger partial charge in [-0.15, -0.1) is 17.0 Å². The van der Waals surface area contributed by atoms with Crippen LogP contribution in [0.25, 0.3) is 0 Å². The summed E-state index contributed by atoms with van der Waals surface area (Å²) in [5.74, 6) is 0.398. The highest BCUT2D eigenvalue weighted by molar-refractivity contribution is 8.93. The fraction of sp³-hybridized carbons (Fsp3) is 0.400. The first kappa shape index (κ1) is 17.5. The Morgan fingerprint density at radius 2 is 2.00 bits per heavy atom. The molecule has 0 fully saturated rings. The maximum absolute atomic E-state index is 12.2. The molecule has 0 radical (unpaired) electrons. The summed E-state index contributed by atoms with van der Waals surface area (Å²) in [7, 11) is 0. The Morgan fingerprint density at radius 1 is 1.32 bits per heavy atom. The second kappa shape index (κ2) is 7.82. The van der Waals surface area contributed by atoms with E-state index < -0.39 is 11.7 Å². The Balaban J connectivity index is 0.00000324. The molecule has 0 aliphatic rings. The Labute approximate surface area is 119 Å². The van der Waals surface area contributed by atoms with Gasteiger partial charge in [0.05, 0.1) is 5.56 Å². The lowest BCUT2D eigenvalue weighted by molar-refractivity contribution is -0.137. The average molecular weight is 342 g/mol. The summed E-state index contributed by atoms with van der Waals surface area (Å²) in [6, 6.07) is 2.26. The van der Waals surface area contributed by atoms with Gasteiger partial charge in [-0.1, -0.05) is 0 Å². The molecule has 0 aromatic carbocycles. The van der Waals surface area contributed by atoms with E-state index in [9.17, 15) is 13.2 Å². The van der Waals surface area contributed by atoms with E-state index in [0.717, 1.165) is 12.3 Å². The van der Waals surface area contributed by atoms with E-state index in [-0.39, 0.29) is 22.9 Å². The number of nitrogens with zero attached hydrogens (tertiary/aromatic N) is 2. The molecule has 5 N–H and O–H groups in total. The maximum atomic E-state index is 12.2. The summed E-state index contributed by atoms with van der Waals surface area (Å²) in [5.41, 5.74) is 9.49. The van der Waals surface area contributed by atoms with Gasteiger partial charge >= 0.3 is 6.18 Å². The van der Waals surface area contributed by atoms with Crippen molar-refractivity contribution >= 4 is 28.8 Å². The third-order valence-electron chi connectivity index (χ3n) is 2.03. The molecule has 0 amide bonds. The molecule has 0 unspecified atom stereocenters. The van der Waals surface area contributed by atoms with Crippen LogP contribution < -0.4 is 16.8 Å². The molecule has 1 heterocycles. The van der Waals surface area contributed by atoms with Crippen molar-refractivity contribution in [2.45, 2.75) is 12.6 Å². The molecule has 0 bridgehead atoms. The standard InChI is InChI=1S/C10H14F3N5.BrH/c11-10(12,13)7-2-3-8(18-6-7)16-4-1-5-17-9(14)15;/h2-3,6H,1,4-5H2,(H,16,18)(H4,14,15,17);1H. The molecule has 0 aliphatic carbocycles. The summed E-state index contributed by atoms with van der Waals surface area (Å²) in [6.45, 7) is 0.977. The second-order valence-electron chi connectivity index (χ2n) is 3.52. The van der Waals surface area contributed by atoms with Gasteiger partial charge in [0.25, 0.3) is 0 Å². The number of hydrogen-bond acceptors (Lipinski definition) is 3. The molecule has 1 aromatic rings. The van der Waals surface area contributed by atoms with Crippen LogP contribution in [0.1, 0.15) is 12.0 Å². The van der Waals surface area contributed by atoms with Crippen LogP contribution in [0.15, 0.2) is 23.3 Å². The molecule has 5 nitrogen and oxygen atoms in total. The van der Waals surface area contributed by atoms with Gasteiger partial charge in [-0.2, -0.15) is 13.2 Å². The average Bonchev–Trinajstić information content (AvgIpc) is 2.27. The molecule has 19 heavy (non-hydrogen) atoms. The molecule has 9 heteroatoms. The first-order valence-electron chi connectivity index (χ1n) is 5.22. The molecule has 108 valence electrons. The topological polar surface area (TPSA) is 89.3 Å². The molecular weight excluding hydrogens is 327 g/mol. The lowest BCUT2D eigenvalue weighted by atomic mass is 10.3. The van der Waals surface area contributed by atoms with Gasteiger partial charge in [0.2, 0.25) is 0 Å². The van der Waals surface area contributed by atoms with Crippen molar-refractivity contribution in [3.8, 4) is 0 Å². The number of pyridine rings is 1. The number of aliphatic imine (C=N–C) groups is 1. The van der Waals surface area contributed by atoms with Gasteiger partial charge in [-0.25, -0.2) is 4.98 Å². The van der Waals surface area contributed by atoms with E-state index in [4.69, 9.17) is 11.5 Å². The lowest BCUT2D eigenvalue weighted by Gasteiger charge is -2.08. The summed E-state index contributed by atoms with van der Waals surface area (Å²) in [6.07, 6.45) is -2.92. The first-order valence-corrected chi connectivity index (χ1v) is 5.22. The number of rotatable bonds is 5. The molecule has 0 saturated heterocycles. The summed E-state index contributed by atoms with van der Waals surface area (Å²) in [4.78, 5) is 7.43. The highest BCUT2D eigenvalue weighted by atomic mass is 79.9. The van der Waals surface area contributed by atoms with Crippen LogP contribution in [0.4, 0.5) is 19.0 Å². The van der Waals surface area contributed by atoms with Crippen LogP contribution in [-0.2, 0) is 6.18 Å². The quantitative estimate of drug-likeness (QED) is 0.432. The van der Waals surface area contributed by atoms with Crippen molar-refractivity contribution in [3.05, 3.63) is 23.9 Å². The van der Waals surface area contributed by atoms with Gasteiger partial charge in [-0.3, -0.25) is 4.99 Å². The van der Waals surface area contributed by atoms with Gasteiger partial charge in [-0.05, 0) is 18.6 Å². The normalized spacial score (nSPS) is 10.5. The van der Waals surface area contributed by atoms with Crippen molar-refractivity contribution in [2.24, 2.45) is 16.5 Å². The number of anilines is 1. The van der Waals surface area contributed by atoms with E-state index in [1.807, 2.05) is 0 Å². The molecule has 0 atom stereocenters. The Hall–Kier alpha value is -1.51. The van der Waals surface area contributed by atoms with Gasteiger partial charge < -0.3 is 16.8 Å². The van der Waals surface area contributed by atoms with Crippen molar-refractivity contribution in [2.75, 3.05) is 18.4 Å². The second-order valence-corrected chi connectivity index (χ2v) is 3.52. The number of alkyl halides is 3. The molecule has 1 aromatic heterocycles. The highest BCUT2D eigenvalue weighted by Gasteiger charge is 2.30. The summed E-state index contributed by atoms with van der Waals surface area (Å²) >= 11 is 0. The number of guanidine groups is 1. The maximum Gasteiger partial charge on any atom is 0.417 e. The van der Waals surface area contributed by atoms with E-state index in [1.54, 1.807) is 0 Å². The third kappa shape index (κ3) is 6.85. The summed E-state index contributed by atoms with van der Waals surface area (Å²) < 4.78 is 36.7. The molecule has 0 aliphatic heterocycles. The van der Waals surface area contributed by atoms with Gasteiger partial charge in [0.1, 0.15) is 5.82 Å². The van der Waals surface area contributed by atoms with Crippen LogP contribution >= 0.6 is 17.0 Å². The molecule has 0 spiro atoms. The monoisotopic (exact) mass is 341 g/mol. The predicted molar refractivity (Wildman–Crippen MR) is 73.3 cm³/mol. The highest BCUT2D eigenvalue weighted by Crippen LogP contribution is 2.28. The minimum Gasteiger partial charge on any atom is -0.370 e.